The number of ether oxygens (including phenoxy) is 6. The maximum absolute atomic E-state index is 5.83. The molecule has 0 unspecified atom stereocenters. The Bertz CT molecular complexity index is 1090. The second-order valence-corrected chi connectivity index (χ2v) is 8.54. The average Bonchev–Trinajstić information content (AvgIpc) is 2.96. The maximum Gasteiger partial charge on any atom is 0.203 e. The van der Waals surface area contributed by atoms with Gasteiger partial charge in [-0.25, -0.2) is 0 Å². The first-order valence-corrected chi connectivity index (χ1v) is 12.8. The molecule has 0 heterocycles. The number of rotatable bonds is 14. The van der Waals surface area contributed by atoms with Crippen LogP contribution in [0.1, 0.15) is 63.8 Å². The largest absolute Gasteiger partial charge is 0.493 e. The van der Waals surface area contributed by atoms with Crippen molar-refractivity contribution in [1.82, 2.24) is 0 Å². The fourth-order valence-electron chi connectivity index (χ4n) is 3.79. The van der Waals surface area contributed by atoms with Crippen LogP contribution in [0, 0.1) is 0 Å². The molecule has 0 saturated heterocycles. The van der Waals surface area contributed by atoms with Crippen LogP contribution in [-0.2, 0) is 0 Å². The van der Waals surface area contributed by atoms with E-state index in [9.17, 15) is 0 Å². The van der Waals surface area contributed by atoms with Crippen LogP contribution >= 0.6 is 0 Å². The van der Waals surface area contributed by atoms with Gasteiger partial charge in [0.15, 0.2) is 23.0 Å². The minimum Gasteiger partial charge on any atom is -0.493 e. The van der Waals surface area contributed by atoms with E-state index in [0.29, 0.717) is 47.7 Å². The van der Waals surface area contributed by atoms with E-state index in [1.165, 1.54) is 0 Å². The summed E-state index contributed by atoms with van der Waals surface area (Å²) in [6.07, 6.45) is 9.97. The summed E-state index contributed by atoms with van der Waals surface area (Å²) < 4.78 is 33.8. The Morgan fingerprint density at radius 3 is 0.976 bits per heavy atom. The van der Waals surface area contributed by atoms with Crippen LogP contribution in [0.5, 0.6) is 34.5 Å². The Hall–Kier alpha value is -4.14. The zero-order valence-electron chi connectivity index (χ0n) is 24.2. The Morgan fingerprint density at radius 1 is 0.476 bits per heavy atom. The van der Waals surface area contributed by atoms with Gasteiger partial charge in [0.1, 0.15) is 0 Å². The van der Waals surface area contributed by atoms with Crippen LogP contribution in [0.15, 0.2) is 48.5 Å². The van der Waals surface area contributed by atoms with Crippen LogP contribution in [0.25, 0.3) is 24.3 Å². The standard InChI is InChI=1S/C32H38O6.2CH4.2H2O/c1-7-17-37-31-27(33-3)19-25(20-28(31)34-4)15-13-23-9-11-24(12-10-23)14-16-26-21-29(35-5)32(38-18-8-2)30(22-26)36-6;;;;/h9-16,19-22H,7-8,17-18H2,1-6H3;2*1H4;2*1H2/b15-13+,16-14+;;;;. The van der Waals surface area contributed by atoms with Crippen molar-refractivity contribution in [3.05, 3.63) is 70.8 Å². The lowest BCUT2D eigenvalue weighted by atomic mass is 10.1. The predicted molar refractivity (Wildman–Crippen MR) is 176 cm³/mol. The van der Waals surface area contributed by atoms with E-state index in [1.54, 1.807) is 28.4 Å². The van der Waals surface area contributed by atoms with Crippen molar-refractivity contribution in [2.24, 2.45) is 0 Å². The maximum atomic E-state index is 5.83. The van der Waals surface area contributed by atoms with Gasteiger partial charge in [0.25, 0.3) is 0 Å². The summed E-state index contributed by atoms with van der Waals surface area (Å²) in [5.74, 6) is 3.85. The molecule has 0 amide bonds. The molecule has 0 saturated carbocycles. The molecule has 3 aromatic rings. The van der Waals surface area contributed by atoms with Gasteiger partial charge in [-0.1, -0.05) is 77.3 Å². The van der Waals surface area contributed by atoms with Crippen molar-refractivity contribution >= 4 is 24.3 Å². The number of benzene rings is 3. The molecule has 3 rings (SSSR count). The molecule has 0 atom stereocenters. The summed E-state index contributed by atoms with van der Waals surface area (Å²) in [4.78, 5) is 0. The number of methoxy groups -OCH3 is 4. The van der Waals surface area contributed by atoms with Crippen molar-refractivity contribution in [2.75, 3.05) is 41.7 Å². The van der Waals surface area contributed by atoms with Crippen molar-refractivity contribution in [3.8, 4) is 34.5 Å². The zero-order valence-corrected chi connectivity index (χ0v) is 24.2. The van der Waals surface area contributed by atoms with Gasteiger partial charge in [-0.3, -0.25) is 0 Å². The Morgan fingerprint density at radius 2 is 0.738 bits per heavy atom. The predicted octanol–water partition coefficient (Wildman–Crippen LogP) is 7.26. The number of hydrogen-bond acceptors (Lipinski definition) is 6. The fourth-order valence-corrected chi connectivity index (χ4v) is 3.79. The molecular formula is C34H50O8. The van der Waals surface area contributed by atoms with E-state index in [4.69, 9.17) is 28.4 Å². The summed E-state index contributed by atoms with van der Waals surface area (Å²) in [6, 6.07) is 16.1. The molecule has 0 spiro atoms. The molecule has 3 aromatic carbocycles. The smallest absolute Gasteiger partial charge is 0.203 e. The SMILES string of the molecule is C.C.CCCOc1c(OC)cc(/C=C/c2ccc(/C=C/c3cc(OC)c(OCCC)c(OC)c3)cc2)cc1OC.O.O. The van der Waals surface area contributed by atoms with Crippen LogP contribution in [-0.4, -0.2) is 52.6 Å². The third kappa shape index (κ3) is 10.7. The lowest BCUT2D eigenvalue weighted by Gasteiger charge is -2.15. The molecule has 42 heavy (non-hydrogen) atoms. The van der Waals surface area contributed by atoms with Gasteiger partial charge in [-0.2, -0.15) is 0 Å². The first kappa shape index (κ1) is 40.0. The highest BCUT2D eigenvalue weighted by Gasteiger charge is 2.14. The normalized spacial score (nSPS) is 10.0. The quantitative estimate of drug-likeness (QED) is 0.183. The van der Waals surface area contributed by atoms with E-state index in [0.717, 1.165) is 35.1 Å². The Labute approximate surface area is 252 Å². The summed E-state index contributed by atoms with van der Waals surface area (Å²) in [5.41, 5.74) is 4.07. The van der Waals surface area contributed by atoms with Gasteiger partial charge >= 0.3 is 0 Å². The molecule has 8 heteroatoms. The summed E-state index contributed by atoms with van der Waals surface area (Å²) in [5, 5.41) is 0. The molecule has 0 bridgehead atoms. The fraction of sp³-hybridized carbons (Fsp3) is 0.353. The van der Waals surface area contributed by atoms with Gasteiger partial charge in [0.2, 0.25) is 11.5 Å². The Balaban J connectivity index is 0. The first-order chi connectivity index (χ1) is 18.6. The highest BCUT2D eigenvalue weighted by Crippen LogP contribution is 2.40. The first-order valence-electron chi connectivity index (χ1n) is 12.8. The van der Waals surface area contributed by atoms with Gasteiger partial charge in [0.05, 0.1) is 41.7 Å². The zero-order chi connectivity index (χ0) is 27.3. The molecule has 0 aromatic heterocycles. The van der Waals surface area contributed by atoms with Crippen molar-refractivity contribution in [1.29, 1.82) is 0 Å². The molecule has 0 aliphatic carbocycles. The molecule has 4 N–H and O–H groups in total. The van der Waals surface area contributed by atoms with Crippen molar-refractivity contribution in [2.45, 2.75) is 41.5 Å². The Kier molecular flexibility index (Phi) is 19.7. The summed E-state index contributed by atoms with van der Waals surface area (Å²) >= 11 is 0. The molecule has 0 aliphatic rings. The highest BCUT2D eigenvalue weighted by atomic mass is 16.5. The minimum atomic E-state index is 0. The van der Waals surface area contributed by atoms with Crippen LogP contribution in [0.2, 0.25) is 0 Å². The van der Waals surface area contributed by atoms with Gasteiger partial charge in [0, 0.05) is 0 Å². The molecule has 0 fully saturated rings. The van der Waals surface area contributed by atoms with E-state index in [-0.39, 0.29) is 25.8 Å². The second kappa shape index (κ2) is 20.7. The second-order valence-electron chi connectivity index (χ2n) is 8.54. The minimum absolute atomic E-state index is 0. The summed E-state index contributed by atoms with van der Waals surface area (Å²) in [6.45, 7) is 5.32. The third-order valence-corrected chi connectivity index (χ3v) is 5.74. The highest BCUT2D eigenvalue weighted by molar-refractivity contribution is 5.75. The molecule has 0 radical (unpaired) electrons. The molecule has 0 aliphatic heterocycles. The summed E-state index contributed by atoms with van der Waals surface area (Å²) in [7, 11) is 6.53. The van der Waals surface area contributed by atoms with E-state index in [2.05, 4.69) is 50.3 Å². The van der Waals surface area contributed by atoms with E-state index in [1.807, 2.05) is 36.4 Å². The van der Waals surface area contributed by atoms with Crippen LogP contribution < -0.4 is 28.4 Å². The lowest BCUT2D eigenvalue weighted by molar-refractivity contribution is 0.275. The molecular weight excluding hydrogens is 536 g/mol. The average molecular weight is 587 g/mol. The third-order valence-electron chi connectivity index (χ3n) is 5.74. The number of hydrogen-bond donors (Lipinski definition) is 0. The monoisotopic (exact) mass is 586 g/mol. The van der Waals surface area contributed by atoms with Crippen LogP contribution in [0.4, 0.5) is 0 Å². The van der Waals surface area contributed by atoms with Crippen LogP contribution in [0.3, 0.4) is 0 Å². The van der Waals surface area contributed by atoms with Crippen molar-refractivity contribution < 1.29 is 39.4 Å². The van der Waals surface area contributed by atoms with E-state index >= 15 is 0 Å². The van der Waals surface area contributed by atoms with Gasteiger partial charge in [-0.05, 0) is 59.4 Å². The molecule has 234 valence electrons. The van der Waals surface area contributed by atoms with Gasteiger partial charge in [-0.15, -0.1) is 0 Å². The van der Waals surface area contributed by atoms with Gasteiger partial charge < -0.3 is 39.4 Å². The van der Waals surface area contributed by atoms with E-state index < -0.39 is 0 Å². The van der Waals surface area contributed by atoms with Crippen molar-refractivity contribution in [3.63, 3.8) is 0 Å². The topological polar surface area (TPSA) is 118 Å². The molecule has 8 nitrogen and oxygen atoms in total. The lowest BCUT2D eigenvalue weighted by Crippen LogP contribution is -2.00.